The molecular formula is C27H34N6O6S. The lowest BCUT2D eigenvalue weighted by Crippen LogP contribution is -2.54. The average Bonchev–Trinajstić information content (AvgIpc) is 3.45. The van der Waals surface area contributed by atoms with E-state index in [1.807, 2.05) is 31.6 Å². The number of sulfonamides is 1. The second kappa shape index (κ2) is 10.4. The van der Waals surface area contributed by atoms with E-state index < -0.39 is 39.7 Å². The van der Waals surface area contributed by atoms with Crippen molar-refractivity contribution in [2.75, 3.05) is 24.2 Å². The Labute approximate surface area is 233 Å². The number of nitrogens with one attached hydrogen (secondary N) is 2. The molecule has 214 valence electrons. The van der Waals surface area contributed by atoms with Crippen LogP contribution in [0.2, 0.25) is 0 Å². The third kappa shape index (κ3) is 5.52. The molecule has 13 heteroatoms. The van der Waals surface area contributed by atoms with Gasteiger partial charge in [-0.05, 0) is 36.8 Å². The van der Waals surface area contributed by atoms with Gasteiger partial charge in [0.05, 0.1) is 29.1 Å². The number of nitrogens with zero attached hydrogens (tertiary/aromatic N) is 4. The molecule has 2 aromatic rings. The predicted molar refractivity (Wildman–Crippen MR) is 146 cm³/mol. The normalized spacial score (nSPS) is 21.1. The van der Waals surface area contributed by atoms with Gasteiger partial charge in [-0.25, -0.2) is 12.7 Å². The minimum absolute atomic E-state index is 0.0602. The number of anilines is 1. The zero-order valence-electron chi connectivity index (χ0n) is 22.8. The Morgan fingerprint density at radius 3 is 2.45 bits per heavy atom. The molecule has 40 heavy (non-hydrogen) atoms. The fourth-order valence-electron chi connectivity index (χ4n) is 5.55. The number of amides is 4. The summed E-state index contributed by atoms with van der Waals surface area (Å²) in [5.41, 5.74) is 1.44. The quantitative estimate of drug-likeness (QED) is 0.479. The number of carbonyl (C=O) groups is 4. The first-order chi connectivity index (χ1) is 18.8. The molecule has 12 nitrogen and oxygen atoms in total. The van der Waals surface area contributed by atoms with E-state index in [1.54, 1.807) is 28.7 Å². The van der Waals surface area contributed by atoms with Gasteiger partial charge in [0.1, 0.15) is 6.04 Å². The van der Waals surface area contributed by atoms with Crippen LogP contribution in [0.25, 0.3) is 0 Å². The van der Waals surface area contributed by atoms with Crippen molar-refractivity contribution in [2.24, 2.45) is 5.41 Å². The highest BCUT2D eigenvalue weighted by atomic mass is 32.2. The number of hydrogen-bond donors (Lipinski definition) is 2. The fourth-order valence-corrected chi connectivity index (χ4v) is 7.60. The highest BCUT2D eigenvalue weighted by Crippen LogP contribution is 2.33. The number of benzene rings is 1. The SMILES string of the molecule is CC(C)(C)CS(=O)(=O)N1CCC(n2cc(CNc3cccc4c3C(=O)N(C3CCC(=O)NC3=O)C4=O)cn2)CC1. The van der Waals surface area contributed by atoms with Crippen molar-refractivity contribution in [1.29, 1.82) is 0 Å². The van der Waals surface area contributed by atoms with Gasteiger partial charge in [-0.2, -0.15) is 5.10 Å². The molecule has 2 saturated heterocycles. The molecular weight excluding hydrogens is 536 g/mol. The molecule has 1 unspecified atom stereocenters. The molecule has 0 radical (unpaired) electrons. The molecule has 5 rings (SSSR count). The topological polar surface area (TPSA) is 151 Å². The Balaban J connectivity index is 1.22. The average molecular weight is 571 g/mol. The number of hydrogen-bond acceptors (Lipinski definition) is 8. The Kier molecular flexibility index (Phi) is 7.29. The highest BCUT2D eigenvalue weighted by Gasteiger charge is 2.45. The number of aromatic nitrogens is 2. The molecule has 1 aromatic heterocycles. The molecule has 0 spiro atoms. The molecule has 1 atom stereocenters. The molecule has 2 N–H and O–H groups in total. The summed E-state index contributed by atoms with van der Waals surface area (Å²) in [6.45, 7) is 7.00. The lowest BCUT2D eigenvalue weighted by molar-refractivity contribution is -0.136. The van der Waals surface area contributed by atoms with Crippen LogP contribution in [0.1, 0.15) is 78.8 Å². The first kappa shape index (κ1) is 28.0. The maximum absolute atomic E-state index is 13.3. The van der Waals surface area contributed by atoms with Crippen LogP contribution in [0.4, 0.5) is 5.69 Å². The third-order valence-electron chi connectivity index (χ3n) is 7.41. The first-order valence-corrected chi connectivity index (χ1v) is 15.0. The Bertz CT molecular complexity index is 1470. The van der Waals surface area contributed by atoms with E-state index in [1.165, 1.54) is 0 Å². The summed E-state index contributed by atoms with van der Waals surface area (Å²) < 4.78 is 28.9. The number of imide groups is 2. The van der Waals surface area contributed by atoms with Gasteiger partial charge in [0.15, 0.2) is 0 Å². The minimum Gasteiger partial charge on any atom is -0.380 e. The molecule has 0 saturated carbocycles. The summed E-state index contributed by atoms with van der Waals surface area (Å²) >= 11 is 0. The van der Waals surface area contributed by atoms with Crippen LogP contribution in [0.3, 0.4) is 0 Å². The van der Waals surface area contributed by atoms with Gasteiger partial charge in [-0.1, -0.05) is 26.8 Å². The molecule has 3 aliphatic rings. The zero-order valence-corrected chi connectivity index (χ0v) is 23.7. The lowest BCUT2D eigenvalue weighted by atomic mass is 10.0. The van der Waals surface area contributed by atoms with E-state index in [9.17, 15) is 27.6 Å². The largest absolute Gasteiger partial charge is 0.380 e. The van der Waals surface area contributed by atoms with Crippen LogP contribution >= 0.6 is 0 Å². The van der Waals surface area contributed by atoms with Crippen molar-refractivity contribution >= 4 is 39.3 Å². The van der Waals surface area contributed by atoms with E-state index in [0.29, 0.717) is 38.2 Å². The molecule has 1 aromatic carbocycles. The van der Waals surface area contributed by atoms with Crippen molar-refractivity contribution in [3.8, 4) is 0 Å². The summed E-state index contributed by atoms with van der Waals surface area (Å²) in [6.07, 6.45) is 5.11. The minimum atomic E-state index is -3.31. The lowest BCUT2D eigenvalue weighted by Gasteiger charge is -2.33. The Morgan fingerprint density at radius 1 is 1.05 bits per heavy atom. The molecule has 4 amide bonds. The van der Waals surface area contributed by atoms with Gasteiger partial charge in [0, 0.05) is 43.5 Å². The van der Waals surface area contributed by atoms with Gasteiger partial charge in [0.2, 0.25) is 21.8 Å². The van der Waals surface area contributed by atoms with Gasteiger partial charge in [0.25, 0.3) is 11.8 Å². The second-order valence-electron chi connectivity index (χ2n) is 11.8. The van der Waals surface area contributed by atoms with Crippen molar-refractivity contribution in [3.05, 3.63) is 47.3 Å². The fraction of sp³-hybridized carbons (Fsp3) is 0.519. The number of piperidine rings is 2. The summed E-state index contributed by atoms with van der Waals surface area (Å²) in [4.78, 5) is 51.2. The van der Waals surface area contributed by atoms with Crippen LogP contribution in [-0.4, -0.2) is 75.9 Å². The second-order valence-corrected chi connectivity index (χ2v) is 13.8. The van der Waals surface area contributed by atoms with E-state index in [2.05, 4.69) is 15.7 Å². The Hall–Kier alpha value is -3.58. The maximum Gasteiger partial charge on any atom is 0.264 e. The smallest absolute Gasteiger partial charge is 0.264 e. The molecule has 4 heterocycles. The van der Waals surface area contributed by atoms with E-state index in [-0.39, 0.29) is 41.2 Å². The number of rotatable bonds is 7. The summed E-state index contributed by atoms with van der Waals surface area (Å²) in [7, 11) is -3.31. The summed E-state index contributed by atoms with van der Waals surface area (Å²) in [5.74, 6) is -2.07. The van der Waals surface area contributed by atoms with Gasteiger partial charge in [-0.15, -0.1) is 0 Å². The van der Waals surface area contributed by atoms with Gasteiger partial charge < -0.3 is 5.32 Å². The molecule has 0 aliphatic carbocycles. The molecule has 0 bridgehead atoms. The maximum atomic E-state index is 13.3. The monoisotopic (exact) mass is 570 g/mol. The standard InChI is InChI=1S/C27H34N6O6S/c1-27(2,3)16-40(38,39)31-11-9-18(10-12-31)32-15-17(14-29-32)13-28-20-6-4-5-19-23(20)26(37)33(25(19)36)21-7-8-22(34)30-24(21)35/h4-6,14-15,18,21,28H,7-13,16H2,1-3H3,(H,30,34,35). The van der Waals surface area contributed by atoms with Crippen LogP contribution < -0.4 is 10.6 Å². The zero-order chi connectivity index (χ0) is 28.8. The highest BCUT2D eigenvalue weighted by molar-refractivity contribution is 7.89. The van der Waals surface area contributed by atoms with E-state index in [4.69, 9.17) is 0 Å². The van der Waals surface area contributed by atoms with Crippen molar-refractivity contribution in [1.82, 2.24) is 24.3 Å². The van der Waals surface area contributed by atoms with E-state index >= 15 is 0 Å². The summed E-state index contributed by atoms with van der Waals surface area (Å²) in [6, 6.07) is 3.99. The van der Waals surface area contributed by atoms with Crippen molar-refractivity contribution < 1.29 is 27.6 Å². The van der Waals surface area contributed by atoms with E-state index in [0.717, 1.165) is 10.5 Å². The predicted octanol–water partition coefficient (Wildman–Crippen LogP) is 1.91. The first-order valence-electron chi connectivity index (χ1n) is 13.4. The van der Waals surface area contributed by atoms with Crippen LogP contribution in [0.5, 0.6) is 0 Å². The van der Waals surface area contributed by atoms with Crippen LogP contribution in [0.15, 0.2) is 30.6 Å². The van der Waals surface area contributed by atoms with Crippen molar-refractivity contribution in [3.63, 3.8) is 0 Å². The molecule has 2 fully saturated rings. The van der Waals surface area contributed by atoms with Gasteiger partial charge >= 0.3 is 0 Å². The van der Waals surface area contributed by atoms with Crippen LogP contribution in [0, 0.1) is 5.41 Å². The summed E-state index contributed by atoms with van der Waals surface area (Å²) in [5, 5.41) is 9.92. The van der Waals surface area contributed by atoms with Gasteiger partial charge in [-0.3, -0.25) is 34.1 Å². The number of carbonyl (C=O) groups excluding carboxylic acids is 4. The number of fused-ring (bicyclic) bond motifs is 1. The van der Waals surface area contributed by atoms with Crippen molar-refractivity contribution in [2.45, 2.75) is 65.1 Å². The molecule has 3 aliphatic heterocycles. The Morgan fingerprint density at radius 2 is 1.77 bits per heavy atom. The third-order valence-corrected chi connectivity index (χ3v) is 9.80. The van der Waals surface area contributed by atoms with Crippen LogP contribution in [-0.2, 0) is 26.2 Å².